The molecule has 40 heteroatoms. The number of halogens is 10. The van der Waals surface area contributed by atoms with E-state index in [-0.39, 0.29) is 190 Å². The summed E-state index contributed by atoms with van der Waals surface area (Å²) in [5.41, 5.74) is 15.3. The molecule has 3 aromatic carbocycles. The van der Waals surface area contributed by atoms with Gasteiger partial charge in [-0.2, -0.15) is 26.3 Å². The van der Waals surface area contributed by atoms with Gasteiger partial charge in [-0.25, -0.2) is 39.8 Å². The van der Waals surface area contributed by atoms with Crippen LogP contribution in [-0.4, -0.2) is 122 Å². The van der Waals surface area contributed by atoms with Crippen LogP contribution in [0.2, 0.25) is 0 Å². The number of carboxylic acid groups (broad SMARTS) is 1. The number of hydrogen-bond donors (Lipinski definition) is 4. The number of pyridine rings is 3. The van der Waals surface area contributed by atoms with Crippen LogP contribution in [0.5, 0.6) is 17.6 Å². The van der Waals surface area contributed by atoms with Crippen LogP contribution in [0.3, 0.4) is 0 Å². The van der Waals surface area contributed by atoms with Crippen molar-refractivity contribution in [3.05, 3.63) is 173 Å². The van der Waals surface area contributed by atoms with E-state index in [1.165, 1.54) is 33.5 Å². The SMILES string of the molecule is CC(=O)OOC(C)=O.CC(=O)[O-].COc1nc(/C(N)=N/O)ccc1Br.COc1nc(/C(N)=N/OCC(=O)c2cccc(C(F)(F)F)c2)ccc1Br.COc1nc(C2=NC(c3cccc(C(F)(F)F)c3)CON2)ccc1Br.Cc1cccc(C(=O)CBr)c1.O=CO[O-].[B].[H-].[K+].[K+].[Na+]. The Morgan fingerprint density at radius 1 is 0.716 bits per heavy atom. The molecular formula is C55H54BBr4F6K2N9NaO17. The number of nitrogens with one attached hydrogen (secondary N) is 1. The number of Topliss-reactive ketones (excluding diaryl/α,β-unsaturated/α-hetero) is 2. The van der Waals surface area contributed by atoms with Gasteiger partial charge in [0.15, 0.2) is 29.9 Å². The summed E-state index contributed by atoms with van der Waals surface area (Å²) in [4.78, 5) is 97.4. The Morgan fingerprint density at radius 2 is 1.15 bits per heavy atom. The Morgan fingerprint density at radius 3 is 1.58 bits per heavy atom. The summed E-state index contributed by atoms with van der Waals surface area (Å²) < 4.78 is 93.7. The van der Waals surface area contributed by atoms with Crippen molar-refractivity contribution in [3.8, 4) is 17.6 Å². The molecule has 0 saturated carbocycles. The number of benzene rings is 3. The fourth-order valence-electron chi connectivity index (χ4n) is 5.96. The second-order valence-electron chi connectivity index (χ2n) is 16.6. The van der Waals surface area contributed by atoms with Crippen molar-refractivity contribution in [2.45, 2.75) is 46.1 Å². The normalized spacial score (nSPS) is 11.7. The number of ketones is 2. The average molecular weight is 1660 g/mol. The number of aromatic nitrogens is 3. The molecule has 3 aromatic heterocycles. The topological polar surface area (TPSA) is 382 Å². The van der Waals surface area contributed by atoms with Gasteiger partial charge in [0.25, 0.3) is 6.47 Å². The number of methoxy groups -OCH3 is 3. The number of rotatable bonds is 14. The minimum absolute atomic E-state index is 0. The van der Waals surface area contributed by atoms with E-state index in [0.29, 0.717) is 53.3 Å². The minimum atomic E-state index is -4.54. The predicted octanol–water partition coefficient (Wildman–Crippen LogP) is -1.23. The molecule has 4 heterocycles. The van der Waals surface area contributed by atoms with Crippen LogP contribution in [0.4, 0.5) is 26.3 Å². The summed E-state index contributed by atoms with van der Waals surface area (Å²) in [5, 5.41) is 32.5. The van der Waals surface area contributed by atoms with Crippen LogP contribution in [0.25, 0.3) is 0 Å². The Balaban J connectivity index is -0.000000363. The van der Waals surface area contributed by atoms with Gasteiger partial charge < -0.3 is 57.2 Å². The number of hydrogen-bond acceptors (Lipinski definition) is 24. The Hall–Kier alpha value is -4.50. The van der Waals surface area contributed by atoms with Crippen molar-refractivity contribution >= 4 is 126 Å². The second-order valence-corrected chi connectivity index (χ2v) is 19.7. The maximum atomic E-state index is 12.9. The number of hydroxylamine groups is 1. The van der Waals surface area contributed by atoms with Crippen molar-refractivity contribution in [3.63, 3.8) is 0 Å². The van der Waals surface area contributed by atoms with E-state index in [2.05, 4.69) is 114 Å². The third kappa shape index (κ3) is 39.0. The summed E-state index contributed by atoms with van der Waals surface area (Å²) in [7, 11) is 4.40. The fourth-order valence-corrected chi connectivity index (χ4v) is 7.43. The number of amidine groups is 3. The van der Waals surface area contributed by atoms with E-state index < -0.39 is 59.8 Å². The number of aliphatic imine (C=N–C) groups is 1. The van der Waals surface area contributed by atoms with Crippen LogP contribution in [0.15, 0.2) is 138 Å². The zero-order valence-corrected chi connectivity index (χ0v) is 66.4. The quantitative estimate of drug-likeness (QED) is 0.00947. The minimum Gasteiger partial charge on any atom is -1.00 e. The van der Waals surface area contributed by atoms with E-state index in [4.69, 9.17) is 60.5 Å². The van der Waals surface area contributed by atoms with Gasteiger partial charge in [-0.1, -0.05) is 74.3 Å². The Labute approximate surface area is 683 Å². The monoisotopic (exact) mass is 1650 g/mol. The molecule has 0 saturated heterocycles. The Bertz CT molecular complexity index is 3500. The van der Waals surface area contributed by atoms with Gasteiger partial charge >= 0.3 is 157 Å². The number of aliphatic carboxylic acids is 1. The molecule has 0 spiro atoms. The number of nitrogens with zero attached hydrogens (tertiary/aromatic N) is 6. The molecule has 1 aliphatic rings. The Kier molecular flexibility index (Phi) is 52.7. The molecule has 497 valence electrons. The molecule has 1 aliphatic heterocycles. The van der Waals surface area contributed by atoms with Gasteiger partial charge in [0.1, 0.15) is 29.7 Å². The summed E-state index contributed by atoms with van der Waals surface area (Å²) >= 11 is 12.9. The molecule has 6 aromatic rings. The predicted molar refractivity (Wildman–Crippen MR) is 328 cm³/mol. The first-order valence-corrected chi connectivity index (χ1v) is 28.1. The number of carbonyl (C=O) groups is 6. The van der Waals surface area contributed by atoms with Gasteiger partial charge in [0.2, 0.25) is 23.4 Å². The molecule has 1 atom stereocenters. The average Bonchev–Trinajstić information content (AvgIpc) is 0.857. The molecule has 95 heavy (non-hydrogen) atoms. The second kappa shape index (κ2) is 51.6. The van der Waals surface area contributed by atoms with Gasteiger partial charge in [-0.05, 0) is 134 Å². The molecule has 0 bridgehead atoms. The van der Waals surface area contributed by atoms with Crippen molar-refractivity contribution in [2.75, 3.05) is 39.9 Å². The van der Waals surface area contributed by atoms with Gasteiger partial charge in [-0.3, -0.25) is 24.2 Å². The van der Waals surface area contributed by atoms with Crippen molar-refractivity contribution in [1.82, 2.24) is 20.4 Å². The van der Waals surface area contributed by atoms with Gasteiger partial charge in [0, 0.05) is 39.4 Å². The number of oxime groups is 2. The third-order valence-corrected chi connectivity index (χ3v) is 12.2. The van der Waals surface area contributed by atoms with Crippen LogP contribution in [-0.2, 0) is 55.9 Å². The van der Waals surface area contributed by atoms with Crippen molar-refractivity contribution in [1.29, 1.82) is 0 Å². The summed E-state index contributed by atoms with van der Waals surface area (Å²) in [6.45, 7) is 4.59. The fraction of sp³-hybridized carbons (Fsp3) is 0.236. The smallest absolute Gasteiger partial charge is 1.00 e. The molecule has 0 fully saturated rings. The number of ether oxygens (including phenoxy) is 3. The van der Waals surface area contributed by atoms with E-state index in [9.17, 15) is 45.5 Å². The summed E-state index contributed by atoms with van der Waals surface area (Å²) in [6.07, 6.45) is -8.94. The zero-order valence-electron chi connectivity index (χ0n) is 52.8. The van der Waals surface area contributed by atoms with Crippen LogP contribution >= 0.6 is 63.7 Å². The standard InChI is InChI=1S/C16H13BrF3N3O3.C16H13BrF3N3O2.C9H9BrO.C7H8BrN3O2.C4H6O4.C2H4O2.CH2O3.B.2K.Na.H/c1-25-15-11(17)5-6-12(22-15)14(21)23-26-8-13(24)9-3-2-4-10(7-9)16(18,19)20;1-24-15-11(17)5-6-12(22-15)14-21-13(8-25-23-14)9-3-2-4-10(7-9)16(18,19)20;1-7-3-2-4-8(5-7)9(11)6-10;1-13-7-4(8)2-3-5(10-7)6(9)11-12;1-3(5)7-8-4(2)6;1-2(3)4;2-1-4-3;;;;;/h2-7H,8H2,1H3,(H2,21,23);2-7,13H,8H2,1H3,(H,21,23);2-5H,6H2,1H3;2-3,12H,1H3,(H2,9,11);1-2H3;1H3,(H,3,4);1,3H;;;;;/q;;;;;;;;3*+1;-1/p-2. The van der Waals surface area contributed by atoms with Crippen LogP contribution < -0.4 is 174 Å². The van der Waals surface area contributed by atoms with E-state index in [1.54, 1.807) is 42.5 Å². The van der Waals surface area contributed by atoms with Crippen LogP contribution in [0.1, 0.15) is 88.3 Å². The maximum absolute atomic E-state index is 12.9. The molecule has 1 unspecified atom stereocenters. The number of aryl methyl sites for hydroxylation is 1. The first-order chi connectivity index (χ1) is 42.8. The van der Waals surface area contributed by atoms with Crippen molar-refractivity contribution < 1.29 is 243 Å². The first kappa shape index (κ1) is 96.9. The molecule has 26 nitrogen and oxygen atoms in total. The van der Waals surface area contributed by atoms with Gasteiger partial charge in [-0.15, -0.1) is 0 Å². The number of alkyl halides is 7. The molecule has 6 N–H and O–H groups in total. The molecule has 0 amide bonds. The maximum Gasteiger partial charge on any atom is 1.00 e. The largest absolute Gasteiger partial charge is 1.00 e. The van der Waals surface area contributed by atoms with E-state index >= 15 is 0 Å². The van der Waals surface area contributed by atoms with Crippen LogP contribution in [0, 0.1) is 6.92 Å². The van der Waals surface area contributed by atoms with E-state index in [1.807, 2.05) is 31.2 Å². The number of nitrogens with two attached hydrogens (primary N) is 2. The number of carbonyl (C=O) groups excluding carboxylic acids is 6. The number of carboxylic acids is 1. The van der Waals surface area contributed by atoms with Crippen molar-refractivity contribution in [2.24, 2.45) is 26.8 Å². The first-order valence-electron chi connectivity index (χ1n) is 24.6. The molecular weight excluding hydrogens is 1600 g/mol. The summed E-state index contributed by atoms with van der Waals surface area (Å²) in [5.74, 6) is -1.71. The molecule has 0 aliphatic carbocycles. The summed E-state index contributed by atoms with van der Waals surface area (Å²) in [6, 6.07) is 26.0. The molecule has 3 radical (unpaired) electrons. The van der Waals surface area contributed by atoms with Gasteiger partial charge in [0.05, 0.1) is 51.2 Å². The molecule has 7 rings (SSSR count). The third-order valence-electron chi connectivity index (χ3n) is 9.84. The zero-order chi connectivity index (χ0) is 69.0. The van der Waals surface area contributed by atoms with E-state index in [0.717, 1.165) is 62.2 Å².